The fourth-order valence-corrected chi connectivity index (χ4v) is 2.90. The van der Waals surface area contributed by atoms with E-state index in [0.29, 0.717) is 13.0 Å². The Balaban J connectivity index is 1.87. The molecule has 4 nitrogen and oxygen atoms in total. The molecule has 0 fully saturated rings. The van der Waals surface area contributed by atoms with Gasteiger partial charge in [0.1, 0.15) is 5.75 Å². The van der Waals surface area contributed by atoms with Crippen LogP contribution in [0.3, 0.4) is 0 Å². The molecule has 0 saturated carbocycles. The highest BCUT2D eigenvalue weighted by Crippen LogP contribution is 2.32. The summed E-state index contributed by atoms with van der Waals surface area (Å²) in [6.45, 7) is 3.19. The van der Waals surface area contributed by atoms with Crippen molar-refractivity contribution in [3.05, 3.63) is 27.7 Å². The normalized spacial score (nSPS) is 14.6. The minimum atomic E-state index is 0.0670. The number of hydrogen-bond donors (Lipinski definition) is 2. The Kier molecular flexibility index (Phi) is 5.43. The number of ether oxygens (including phenoxy) is 1. The third-order valence-corrected chi connectivity index (χ3v) is 3.82. The summed E-state index contributed by atoms with van der Waals surface area (Å²) in [4.78, 5) is 11.8. The Hall–Kier alpha value is -1.07. The third-order valence-electron chi connectivity index (χ3n) is 3.36. The summed E-state index contributed by atoms with van der Waals surface area (Å²) in [6.07, 6.45) is 3.17. The summed E-state index contributed by atoms with van der Waals surface area (Å²) in [5.74, 6) is 1.00. The molecule has 0 bridgehead atoms. The predicted molar refractivity (Wildman–Crippen MR) is 82.7 cm³/mol. The molecule has 2 rings (SSSR count). The van der Waals surface area contributed by atoms with Gasteiger partial charge in [0.15, 0.2) is 0 Å². The lowest BCUT2D eigenvalue weighted by Crippen LogP contribution is -2.23. The van der Waals surface area contributed by atoms with Crippen molar-refractivity contribution in [1.29, 1.82) is 0 Å². The molecule has 1 aliphatic heterocycles. The number of halogens is 1. The van der Waals surface area contributed by atoms with Gasteiger partial charge >= 0.3 is 0 Å². The molecule has 20 heavy (non-hydrogen) atoms. The van der Waals surface area contributed by atoms with E-state index >= 15 is 0 Å². The fraction of sp³-hybridized carbons (Fsp3) is 0.533. The van der Waals surface area contributed by atoms with E-state index in [1.807, 2.05) is 13.0 Å². The largest absolute Gasteiger partial charge is 0.493 e. The van der Waals surface area contributed by atoms with Crippen LogP contribution in [0.4, 0.5) is 0 Å². The first kappa shape index (κ1) is 15.3. The molecule has 0 aromatic heterocycles. The molecule has 0 saturated heterocycles. The van der Waals surface area contributed by atoms with Crippen LogP contribution < -0.4 is 15.8 Å². The highest BCUT2D eigenvalue weighted by molar-refractivity contribution is 9.10. The third kappa shape index (κ3) is 4.21. The number of hydrogen-bond acceptors (Lipinski definition) is 3. The van der Waals surface area contributed by atoms with Gasteiger partial charge in [-0.1, -0.05) is 15.9 Å². The van der Waals surface area contributed by atoms with Crippen LogP contribution in [0.15, 0.2) is 16.6 Å². The van der Waals surface area contributed by atoms with Crippen molar-refractivity contribution in [2.45, 2.75) is 45.2 Å². The van der Waals surface area contributed by atoms with Crippen molar-refractivity contribution in [1.82, 2.24) is 5.32 Å². The number of benzene rings is 1. The molecule has 1 aromatic carbocycles. The van der Waals surface area contributed by atoms with Gasteiger partial charge in [-0.05, 0) is 37.5 Å². The highest BCUT2D eigenvalue weighted by Gasteiger charge is 2.17. The minimum Gasteiger partial charge on any atom is -0.493 e. The first-order chi connectivity index (χ1) is 9.56. The first-order valence-corrected chi connectivity index (χ1v) is 7.82. The van der Waals surface area contributed by atoms with Gasteiger partial charge in [-0.2, -0.15) is 0 Å². The molecule has 3 N–H and O–H groups in total. The average Bonchev–Trinajstić information content (AvgIpc) is 2.83. The monoisotopic (exact) mass is 340 g/mol. The van der Waals surface area contributed by atoms with Crippen molar-refractivity contribution in [3.63, 3.8) is 0 Å². The molecule has 1 amide bonds. The van der Waals surface area contributed by atoms with E-state index < -0.39 is 0 Å². The second-order valence-electron chi connectivity index (χ2n) is 5.30. The zero-order chi connectivity index (χ0) is 14.5. The topological polar surface area (TPSA) is 64.4 Å². The number of carbonyl (C=O) groups is 1. The summed E-state index contributed by atoms with van der Waals surface area (Å²) < 4.78 is 6.67. The summed E-state index contributed by atoms with van der Waals surface area (Å²) in [6, 6.07) is 4.24. The number of fused-ring (bicyclic) bond motifs is 1. The Morgan fingerprint density at radius 2 is 2.35 bits per heavy atom. The quantitative estimate of drug-likeness (QED) is 0.836. The van der Waals surface area contributed by atoms with Crippen LogP contribution >= 0.6 is 15.9 Å². The van der Waals surface area contributed by atoms with Crippen molar-refractivity contribution in [2.24, 2.45) is 5.73 Å². The zero-order valence-electron chi connectivity index (χ0n) is 11.7. The zero-order valence-corrected chi connectivity index (χ0v) is 13.3. The highest BCUT2D eigenvalue weighted by atomic mass is 79.9. The molecule has 1 unspecified atom stereocenters. The molecule has 1 atom stereocenters. The van der Waals surface area contributed by atoms with Gasteiger partial charge in [0.05, 0.1) is 6.61 Å². The predicted octanol–water partition coefficient (Wildman–Crippen LogP) is 2.52. The minimum absolute atomic E-state index is 0.0670. The van der Waals surface area contributed by atoms with Crippen LogP contribution in [0, 0.1) is 0 Å². The van der Waals surface area contributed by atoms with Gasteiger partial charge in [-0.3, -0.25) is 4.79 Å². The molecule has 0 aliphatic carbocycles. The number of rotatable bonds is 6. The summed E-state index contributed by atoms with van der Waals surface area (Å²) >= 11 is 3.50. The number of amides is 1. The number of carbonyl (C=O) groups excluding carboxylic acids is 1. The van der Waals surface area contributed by atoms with E-state index in [2.05, 4.69) is 27.3 Å². The first-order valence-electron chi connectivity index (χ1n) is 7.02. The summed E-state index contributed by atoms with van der Waals surface area (Å²) in [5, 5.41) is 2.95. The molecule has 1 heterocycles. The Morgan fingerprint density at radius 1 is 1.55 bits per heavy atom. The summed E-state index contributed by atoms with van der Waals surface area (Å²) in [5.41, 5.74) is 7.91. The van der Waals surface area contributed by atoms with Gasteiger partial charge in [-0.15, -0.1) is 0 Å². The number of nitrogens with one attached hydrogen (secondary N) is 1. The SMILES string of the molecule is CC(N)CCCC(=O)NCc1cc(Br)cc2c1OCC2. The van der Waals surface area contributed by atoms with Crippen LogP contribution in [-0.2, 0) is 17.8 Å². The van der Waals surface area contributed by atoms with Crippen LogP contribution in [0.25, 0.3) is 0 Å². The van der Waals surface area contributed by atoms with Crippen molar-refractivity contribution in [2.75, 3.05) is 6.61 Å². The maximum atomic E-state index is 11.8. The smallest absolute Gasteiger partial charge is 0.220 e. The Bertz CT molecular complexity index is 489. The summed E-state index contributed by atoms with van der Waals surface area (Å²) in [7, 11) is 0. The molecule has 5 heteroatoms. The van der Waals surface area contributed by atoms with E-state index in [0.717, 1.165) is 41.7 Å². The second kappa shape index (κ2) is 7.09. The second-order valence-corrected chi connectivity index (χ2v) is 6.21. The van der Waals surface area contributed by atoms with E-state index in [9.17, 15) is 4.79 Å². The Morgan fingerprint density at radius 3 is 3.10 bits per heavy atom. The van der Waals surface area contributed by atoms with Crippen molar-refractivity contribution < 1.29 is 9.53 Å². The van der Waals surface area contributed by atoms with Gasteiger partial charge < -0.3 is 15.8 Å². The van der Waals surface area contributed by atoms with Crippen LogP contribution in [-0.4, -0.2) is 18.6 Å². The molecule has 1 aromatic rings. The van der Waals surface area contributed by atoms with Crippen LogP contribution in [0.5, 0.6) is 5.75 Å². The maximum Gasteiger partial charge on any atom is 0.220 e. The maximum absolute atomic E-state index is 11.8. The van der Waals surface area contributed by atoms with Crippen LogP contribution in [0.1, 0.15) is 37.3 Å². The molecule has 1 aliphatic rings. The molecule has 0 radical (unpaired) electrons. The van der Waals surface area contributed by atoms with Crippen LogP contribution in [0.2, 0.25) is 0 Å². The molecule has 110 valence electrons. The molecule has 0 spiro atoms. The standard InChI is InChI=1S/C15H21BrN2O2/c1-10(17)3-2-4-14(19)18-9-12-8-13(16)7-11-5-6-20-15(11)12/h7-8,10H,2-6,9,17H2,1H3,(H,18,19). The number of nitrogens with two attached hydrogens (primary N) is 1. The van der Waals surface area contributed by atoms with Gasteiger partial charge in [0.25, 0.3) is 0 Å². The van der Waals surface area contributed by atoms with E-state index in [1.165, 1.54) is 5.56 Å². The lowest BCUT2D eigenvalue weighted by Gasteiger charge is -2.11. The molecular formula is C15H21BrN2O2. The van der Waals surface area contributed by atoms with Gasteiger partial charge in [0, 0.05) is 35.5 Å². The van der Waals surface area contributed by atoms with E-state index in [4.69, 9.17) is 10.5 Å². The van der Waals surface area contributed by atoms with Gasteiger partial charge in [0.2, 0.25) is 5.91 Å². The Labute approximate surface area is 128 Å². The lowest BCUT2D eigenvalue weighted by atomic mass is 10.1. The van der Waals surface area contributed by atoms with Crippen molar-refractivity contribution >= 4 is 21.8 Å². The van der Waals surface area contributed by atoms with E-state index in [1.54, 1.807) is 0 Å². The average molecular weight is 341 g/mol. The van der Waals surface area contributed by atoms with Crippen molar-refractivity contribution in [3.8, 4) is 5.75 Å². The fourth-order valence-electron chi connectivity index (χ4n) is 2.34. The van der Waals surface area contributed by atoms with Gasteiger partial charge in [-0.25, -0.2) is 0 Å². The molecular weight excluding hydrogens is 320 g/mol. The lowest BCUT2D eigenvalue weighted by molar-refractivity contribution is -0.121. The van der Waals surface area contributed by atoms with E-state index in [-0.39, 0.29) is 11.9 Å².